The van der Waals surface area contributed by atoms with Gasteiger partial charge in [0.15, 0.2) is 17.7 Å². The number of aliphatic hydroxyl groups excluding tert-OH is 3. The molecule has 33 heavy (non-hydrogen) atoms. The van der Waals surface area contributed by atoms with Gasteiger partial charge >= 0.3 is 5.97 Å². The lowest BCUT2D eigenvalue weighted by Gasteiger charge is -2.16. The van der Waals surface area contributed by atoms with E-state index in [-0.39, 0.29) is 18.0 Å². The minimum Gasteiger partial charge on any atom is -0.478 e. The number of ether oxygens (including phenoxy) is 1. The Hall–Kier alpha value is -3.03. The molecule has 3 heterocycles. The molecule has 0 amide bonds. The highest BCUT2D eigenvalue weighted by molar-refractivity contribution is 7.98. The summed E-state index contributed by atoms with van der Waals surface area (Å²) in [7, 11) is 0. The number of thioether (sulfide) groups is 1. The summed E-state index contributed by atoms with van der Waals surface area (Å²) in [6.45, 7) is -0.146. The van der Waals surface area contributed by atoms with Crippen LogP contribution in [0.25, 0.3) is 17.2 Å². The van der Waals surface area contributed by atoms with E-state index in [1.165, 1.54) is 41.1 Å². The molecule has 0 aliphatic carbocycles. The van der Waals surface area contributed by atoms with Crippen LogP contribution in [0.3, 0.4) is 0 Å². The van der Waals surface area contributed by atoms with Gasteiger partial charge in [0.2, 0.25) is 0 Å². The first-order valence-electron chi connectivity index (χ1n) is 10.1. The highest BCUT2D eigenvalue weighted by atomic mass is 32.2. The standard InChI is InChI=1S/C21H23N5O6S/c22-18-15-19(24-9-23-18)26(10-25-15)20-17(29)16(28)14(32-20)8-33-7-12-4-11(2-1-3-27)5-13(6-12)21(30)31/h1-2,4-6,9-10,14,16-17,20,27-29H,3,7-8H2,(H,30,31)(H2,22,23,24)/b2-1+/t14-,16-,17-,20-/m1/s1. The maximum atomic E-state index is 11.4. The van der Waals surface area contributed by atoms with E-state index in [1.807, 2.05) is 6.07 Å². The van der Waals surface area contributed by atoms with E-state index >= 15 is 0 Å². The maximum absolute atomic E-state index is 11.4. The molecule has 1 saturated heterocycles. The first kappa shape index (κ1) is 23.1. The number of nitrogen functional groups attached to an aromatic ring is 1. The summed E-state index contributed by atoms with van der Waals surface area (Å²) in [6, 6.07) is 4.94. The SMILES string of the molecule is Nc1ncnc2c1ncn2[C@@H]1O[C@H](CSCc2cc(/C=C/CO)cc(C(=O)O)c2)[C@@H](O)[C@H]1O. The Morgan fingerprint density at radius 1 is 1.21 bits per heavy atom. The number of nitrogens with zero attached hydrogens (tertiary/aromatic N) is 4. The molecular formula is C21H23N5O6S. The van der Waals surface area contributed by atoms with Gasteiger partial charge in [-0.05, 0) is 23.3 Å². The summed E-state index contributed by atoms with van der Waals surface area (Å²) in [4.78, 5) is 23.6. The second-order valence-electron chi connectivity index (χ2n) is 7.50. The van der Waals surface area contributed by atoms with Crippen LogP contribution >= 0.6 is 11.8 Å². The topological polar surface area (TPSA) is 177 Å². The fourth-order valence-electron chi connectivity index (χ4n) is 3.66. The third-order valence-electron chi connectivity index (χ3n) is 5.23. The second-order valence-corrected chi connectivity index (χ2v) is 8.53. The molecule has 12 heteroatoms. The van der Waals surface area contributed by atoms with Crippen molar-refractivity contribution in [1.82, 2.24) is 19.5 Å². The molecule has 1 aromatic carbocycles. The predicted molar refractivity (Wildman–Crippen MR) is 121 cm³/mol. The quantitative estimate of drug-likeness (QED) is 0.310. The fraction of sp³-hybridized carbons (Fsp3) is 0.333. The largest absolute Gasteiger partial charge is 0.478 e. The minimum atomic E-state index is -1.20. The number of carboxylic acids is 1. The van der Waals surface area contributed by atoms with Gasteiger partial charge in [-0.3, -0.25) is 4.57 Å². The van der Waals surface area contributed by atoms with Crippen LogP contribution in [0.4, 0.5) is 5.82 Å². The van der Waals surface area contributed by atoms with Crippen LogP contribution in [0.2, 0.25) is 0 Å². The Morgan fingerprint density at radius 3 is 2.79 bits per heavy atom. The molecule has 0 unspecified atom stereocenters. The van der Waals surface area contributed by atoms with E-state index in [4.69, 9.17) is 15.6 Å². The van der Waals surface area contributed by atoms with Gasteiger partial charge in [0, 0.05) is 11.5 Å². The van der Waals surface area contributed by atoms with Gasteiger partial charge in [-0.25, -0.2) is 19.7 Å². The Bertz CT molecular complexity index is 1190. The molecule has 11 nitrogen and oxygen atoms in total. The van der Waals surface area contributed by atoms with Crippen LogP contribution in [-0.2, 0) is 10.5 Å². The zero-order chi connectivity index (χ0) is 23.5. The number of carboxylic acid groups (broad SMARTS) is 1. The molecule has 4 atom stereocenters. The van der Waals surface area contributed by atoms with Crippen molar-refractivity contribution in [3.8, 4) is 0 Å². The lowest BCUT2D eigenvalue weighted by molar-refractivity contribution is -0.0289. The number of rotatable bonds is 8. The van der Waals surface area contributed by atoms with Crippen molar-refractivity contribution in [2.24, 2.45) is 0 Å². The molecule has 2 aromatic heterocycles. The first-order valence-corrected chi connectivity index (χ1v) is 11.2. The van der Waals surface area contributed by atoms with Crippen molar-refractivity contribution in [2.45, 2.75) is 30.3 Å². The summed E-state index contributed by atoms with van der Waals surface area (Å²) in [5, 5.41) is 39.4. The average Bonchev–Trinajstić information content (AvgIpc) is 3.35. The molecule has 1 aliphatic rings. The molecule has 0 radical (unpaired) electrons. The summed E-state index contributed by atoms with van der Waals surface area (Å²) >= 11 is 1.43. The number of aliphatic hydroxyl groups is 3. The molecule has 0 saturated carbocycles. The van der Waals surface area contributed by atoms with Crippen LogP contribution < -0.4 is 5.73 Å². The number of fused-ring (bicyclic) bond motifs is 1. The van der Waals surface area contributed by atoms with E-state index in [9.17, 15) is 20.1 Å². The molecule has 1 fully saturated rings. The Kier molecular flexibility index (Phi) is 6.91. The summed E-state index contributed by atoms with van der Waals surface area (Å²) in [5.41, 5.74) is 8.16. The third-order valence-corrected chi connectivity index (χ3v) is 6.33. The van der Waals surface area contributed by atoms with Gasteiger partial charge in [0.1, 0.15) is 24.1 Å². The Balaban J connectivity index is 1.44. The lowest BCUT2D eigenvalue weighted by Crippen LogP contribution is -2.32. The van der Waals surface area contributed by atoms with Crippen molar-refractivity contribution < 1.29 is 30.0 Å². The van der Waals surface area contributed by atoms with Crippen molar-refractivity contribution in [2.75, 3.05) is 18.1 Å². The van der Waals surface area contributed by atoms with Crippen LogP contribution in [0.1, 0.15) is 27.7 Å². The third kappa shape index (κ3) is 4.84. The predicted octanol–water partition coefficient (Wildman–Crippen LogP) is 0.665. The molecule has 4 rings (SSSR count). The Morgan fingerprint density at radius 2 is 2.03 bits per heavy atom. The normalized spacial score (nSPS) is 23.0. The highest BCUT2D eigenvalue weighted by Crippen LogP contribution is 2.33. The second kappa shape index (κ2) is 9.85. The van der Waals surface area contributed by atoms with Gasteiger partial charge in [0.05, 0.1) is 24.6 Å². The van der Waals surface area contributed by atoms with Gasteiger partial charge in [-0.1, -0.05) is 18.2 Å². The van der Waals surface area contributed by atoms with E-state index in [0.717, 1.165) is 5.56 Å². The first-order chi connectivity index (χ1) is 15.9. The smallest absolute Gasteiger partial charge is 0.335 e. The number of imidazole rings is 1. The van der Waals surface area contributed by atoms with Crippen molar-refractivity contribution in [1.29, 1.82) is 0 Å². The zero-order valence-electron chi connectivity index (χ0n) is 17.4. The Labute approximate surface area is 192 Å². The van der Waals surface area contributed by atoms with Gasteiger partial charge in [-0.15, -0.1) is 0 Å². The fourth-order valence-corrected chi connectivity index (χ4v) is 4.68. The molecule has 6 N–H and O–H groups in total. The van der Waals surface area contributed by atoms with E-state index in [0.29, 0.717) is 28.2 Å². The average molecular weight is 474 g/mol. The number of benzene rings is 1. The van der Waals surface area contributed by atoms with Crippen LogP contribution in [-0.4, -0.2) is 76.6 Å². The number of hydrogen-bond donors (Lipinski definition) is 5. The molecular weight excluding hydrogens is 450 g/mol. The lowest BCUT2D eigenvalue weighted by atomic mass is 10.1. The number of nitrogens with two attached hydrogens (primary N) is 1. The van der Waals surface area contributed by atoms with E-state index in [2.05, 4.69) is 15.0 Å². The molecule has 3 aromatic rings. The van der Waals surface area contributed by atoms with Gasteiger partial charge in [-0.2, -0.15) is 11.8 Å². The van der Waals surface area contributed by atoms with Gasteiger partial charge in [0.25, 0.3) is 0 Å². The van der Waals surface area contributed by atoms with Crippen LogP contribution in [0.5, 0.6) is 0 Å². The number of anilines is 1. The minimum absolute atomic E-state index is 0.145. The number of aromatic nitrogens is 4. The molecule has 174 valence electrons. The van der Waals surface area contributed by atoms with E-state index in [1.54, 1.807) is 12.1 Å². The summed E-state index contributed by atoms with van der Waals surface area (Å²) in [5.74, 6) is -0.0160. The zero-order valence-corrected chi connectivity index (χ0v) is 18.2. The number of carbonyl (C=O) groups is 1. The van der Waals surface area contributed by atoms with Crippen molar-refractivity contribution in [3.05, 3.63) is 53.6 Å². The number of aromatic carboxylic acids is 1. The highest BCUT2D eigenvalue weighted by Gasteiger charge is 2.44. The summed E-state index contributed by atoms with van der Waals surface area (Å²) in [6.07, 6.45) is 2.01. The van der Waals surface area contributed by atoms with E-state index < -0.39 is 30.5 Å². The monoisotopic (exact) mass is 473 g/mol. The number of hydrogen-bond acceptors (Lipinski definition) is 10. The molecule has 0 spiro atoms. The summed E-state index contributed by atoms with van der Waals surface area (Å²) < 4.78 is 7.44. The van der Waals surface area contributed by atoms with Crippen molar-refractivity contribution in [3.63, 3.8) is 0 Å². The van der Waals surface area contributed by atoms with Crippen molar-refractivity contribution >= 4 is 40.8 Å². The van der Waals surface area contributed by atoms with Crippen LogP contribution in [0.15, 0.2) is 36.9 Å². The molecule has 1 aliphatic heterocycles. The maximum Gasteiger partial charge on any atom is 0.335 e. The van der Waals surface area contributed by atoms with Gasteiger partial charge < -0.3 is 30.9 Å². The van der Waals surface area contributed by atoms with Crippen LogP contribution in [0, 0.1) is 0 Å². The molecule has 0 bridgehead atoms.